The molecule has 0 aliphatic carbocycles. The molecule has 1 rings (SSSR count). The maximum Gasteiger partial charge on any atom is 0.338 e. The van der Waals surface area contributed by atoms with E-state index < -0.39 is 20.1 Å². The van der Waals surface area contributed by atoms with Crippen LogP contribution in [0.5, 0.6) is 0 Å². The molecular formula is C14H21FO3Si. The van der Waals surface area contributed by atoms with Gasteiger partial charge in [-0.1, -0.05) is 26.8 Å². The Labute approximate surface area is 114 Å². The Morgan fingerprint density at radius 1 is 1.37 bits per heavy atom. The molecule has 0 radical (unpaired) electrons. The summed E-state index contributed by atoms with van der Waals surface area (Å²) in [6.45, 7) is 10.9. The topological polar surface area (TPSA) is 46.5 Å². The van der Waals surface area contributed by atoms with Gasteiger partial charge in [-0.15, -0.1) is 0 Å². The van der Waals surface area contributed by atoms with Crippen molar-refractivity contribution in [2.24, 2.45) is 0 Å². The normalized spacial score (nSPS) is 12.5. The number of halogens is 1. The Balaban J connectivity index is 2.80. The highest BCUT2D eigenvalue weighted by Crippen LogP contribution is 2.37. The molecule has 1 aromatic carbocycles. The summed E-state index contributed by atoms with van der Waals surface area (Å²) in [5.74, 6) is -1.97. The first-order chi connectivity index (χ1) is 8.54. The molecule has 3 nitrogen and oxygen atoms in total. The fraction of sp³-hybridized carbons (Fsp3) is 0.500. The van der Waals surface area contributed by atoms with E-state index in [1.54, 1.807) is 6.07 Å². The minimum Gasteiger partial charge on any atom is -0.478 e. The monoisotopic (exact) mass is 284 g/mol. The summed E-state index contributed by atoms with van der Waals surface area (Å²) in [6.07, 6.45) is 0. The summed E-state index contributed by atoms with van der Waals surface area (Å²) in [4.78, 5) is 10.7. The average molecular weight is 284 g/mol. The number of carboxylic acids is 1. The predicted molar refractivity (Wildman–Crippen MR) is 75.3 cm³/mol. The van der Waals surface area contributed by atoms with Gasteiger partial charge in [0, 0.05) is 0 Å². The largest absolute Gasteiger partial charge is 0.478 e. The molecule has 106 valence electrons. The lowest BCUT2D eigenvalue weighted by Crippen LogP contribution is -2.40. The van der Waals surface area contributed by atoms with E-state index in [-0.39, 0.29) is 10.6 Å². The number of aromatic carboxylic acids is 1. The molecule has 0 saturated heterocycles. The highest BCUT2D eigenvalue weighted by molar-refractivity contribution is 6.74. The Hall–Kier alpha value is -1.20. The van der Waals surface area contributed by atoms with E-state index in [4.69, 9.17) is 9.53 Å². The molecule has 0 fully saturated rings. The number of hydrogen-bond donors (Lipinski definition) is 1. The van der Waals surface area contributed by atoms with Gasteiger partial charge in [-0.3, -0.25) is 0 Å². The van der Waals surface area contributed by atoms with Crippen LogP contribution < -0.4 is 0 Å². The van der Waals surface area contributed by atoms with Gasteiger partial charge >= 0.3 is 5.97 Å². The van der Waals surface area contributed by atoms with Crippen molar-refractivity contribution in [3.05, 3.63) is 35.1 Å². The maximum atomic E-state index is 13.5. The van der Waals surface area contributed by atoms with Gasteiger partial charge < -0.3 is 9.53 Å². The molecule has 0 spiro atoms. The number of rotatable bonds is 4. The summed E-state index contributed by atoms with van der Waals surface area (Å²) in [5, 5.41) is 8.85. The number of carboxylic acid groups (broad SMARTS) is 1. The molecule has 1 aromatic rings. The fourth-order valence-corrected chi connectivity index (χ4v) is 2.26. The van der Waals surface area contributed by atoms with Crippen molar-refractivity contribution in [1.82, 2.24) is 0 Å². The fourth-order valence-electron chi connectivity index (χ4n) is 1.30. The summed E-state index contributed by atoms with van der Waals surface area (Å²) >= 11 is 0. The van der Waals surface area contributed by atoms with E-state index in [9.17, 15) is 9.18 Å². The minimum atomic E-state index is -1.88. The van der Waals surface area contributed by atoms with Gasteiger partial charge in [0.1, 0.15) is 5.82 Å². The predicted octanol–water partition coefficient (Wildman–Crippen LogP) is 4.05. The van der Waals surface area contributed by atoms with E-state index in [0.29, 0.717) is 12.2 Å². The second kappa shape index (κ2) is 5.42. The van der Waals surface area contributed by atoms with Crippen molar-refractivity contribution in [2.45, 2.75) is 45.5 Å². The van der Waals surface area contributed by atoms with E-state index in [0.717, 1.165) is 0 Å². The van der Waals surface area contributed by atoms with Gasteiger partial charge in [-0.05, 0) is 35.8 Å². The first kappa shape index (κ1) is 15.9. The van der Waals surface area contributed by atoms with Crippen molar-refractivity contribution in [3.8, 4) is 0 Å². The lowest BCUT2D eigenvalue weighted by molar-refractivity contribution is 0.0692. The van der Waals surface area contributed by atoms with Gasteiger partial charge in [0.05, 0.1) is 12.2 Å². The maximum absolute atomic E-state index is 13.5. The van der Waals surface area contributed by atoms with Crippen LogP contribution in [0.15, 0.2) is 18.2 Å². The highest BCUT2D eigenvalue weighted by Gasteiger charge is 2.37. The minimum absolute atomic E-state index is 0.0898. The lowest BCUT2D eigenvalue weighted by Gasteiger charge is -2.36. The molecule has 0 atom stereocenters. The van der Waals surface area contributed by atoms with Crippen LogP contribution in [0.25, 0.3) is 0 Å². The van der Waals surface area contributed by atoms with Crippen LogP contribution in [0.1, 0.15) is 36.7 Å². The SMILES string of the molecule is CC(C)(C)[Si](C)(C)OCc1ccc(C(=O)O)c(F)c1. The Bertz CT molecular complexity index is 478. The molecule has 19 heavy (non-hydrogen) atoms. The third-order valence-electron chi connectivity index (χ3n) is 3.67. The van der Waals surface area contributed by atoms with E-state index in [2.05, 4.69) is 33.9 Å². The lowest BCUT2D eigenvalue weighted by atomic mass is 10.1. The van der Waals surface area contributed by atoms with Gasteiger partial charge in [-0.2, -0.15) is 0 Å². The first-order valence-electron chi connectivity index (χ1n) is 6.20. The summed E-state index contributed by atoms with van der Waals surface area (Å²) in [5.41, 5.74) is 0.350. The second-order valence-corrected chi connectivity index (χ2v) is 11.0. The van der Waals surface area contributed by atoms with Crippen LogP contribution in [-0.4, -0.2) is 19.4 Å². The second-order valence-electron chi connectivity index (χ2n) is 6.17. The van der Waals surface area contributed by atoms with E-state index in [1.807, 2.05) is 0 Å². The molecule has 5 heteroatoms. The third-order valence-corrected chi connectivity index (χ3v) is 8.15. The number of hydrogen-bond acceptors (Lipinski definition) is 2. The summed E-state index contributed by atoms with van der Waals surface area (Å²) in [6, 6.07) is 4.11. The smallest absolute Gasteiger partial charge is 0.338 e. The zero-order valence-corrected chi connectivity index (χ0v) is 13.1. The van der Waals surface area contributed by atoms with Gasteiger partial charge in [0.2, 0.25) is 0 Å². The summed E-state index contributed by atoms with van der Waals surface area (Å²) in [7, 11) is -1.88. The summed E-state index contributed by atoms with van der Waals surface area (Å²) < 4.78 is 19.5. The van der Waals surface area contributed by atoms with Crippen molar-refractivity contribution < 1.29 is 18.7 Å². The van der Waals surface area contributed by atoms with Crippen LogP contribution in [0.4, 0.5) is 4.39 Å². The molecule has 0 aliphatic rings. The van der Waals surface area contributed by atoms with Gasteiger partial charge in [0.25, 0.3) is 0 Å². The molecule has 0 amide bonds. The van der Waals surface area contributed by atoms with Gasteiger partial charge in [-0.25, -0.2) is 9.18 Å². The Morgan fingerprint density at radius 2 is 1.95 bits per heavy atom. The van der Waals surface area contributed by atoms with Crippen LogP contribution in [-0.2, 0) is 11.0 Å². The molecule has 0 aromatic heterocycles. The Kier molecular flexibility index (Phi) is 4.53. The molecule has 1 N–H and O–H groups in total. The molecule has 0 bridgehead atoms. The standard InChI is InChI=1S/C14H21FO3Si/c1-14(2,3)19(4,5)18-9-10-6-7-11(13(16)17)12(15)8-10/h6-8H,9H2,1-5H3,(H,16,17). The average Bonchev–Trinajstić information content (AvgIpc) is 2.24. The number of carbonyl (C=O) groups is 1. The Morgan fingerprint density at radius 3 is 2.37 bits per heavy atom. The van der Waals surface area contributed by atoms with E-state index in [1.165, 1.54) is 12.1 Å². The molecule has 0 aliphatic heterocycles. The zero-order chi connectivity index (χ0) is 14.8. The van der Waals surface area contributed by atoms with Crippen molar-refractivity contribution in [1.29, 1.82) is 0 Å². The molecule has 0 heterocycles. The molecule has 0 unspecified atom stereocenters. The molecule has 0 saturated carbocycles. The van der Waals surface area contributed by atoms with E-state index >= 15 is 0 Å². The zero-order valence-electron chi connectivity index (χ0n) is 12.1. The highest BCUT2D eigenvalue weighted by atomic mass is 28.4. The number of benzene rings is 1. The van der Waals surface area contributed by atoms with Crippen LogP contribution >= 0.6 is 0 Å². The van der Waals surface area contributed by atoms with Crippen LogP contribution in [0, 0.1) is 5.82 Å². The quantitative estimate of drug-likeness (QED) is 0.849. The first-order valence-corrected chi connectivity index (χ1v) is 9.11. The van der Waals surface area contributed by atoms with Crippen LogP contribution in [0.3, 0.4) is 0 Å². The third kappa shape index (κ3) is 3.88. The van der Waals surface area contributed by atoms with Crippen molar-refractivity contribution in [3.63, 3.8) is 0 Å². The van der Waals surface area contributed by atoms with Gasteiger partial charge in [0.15, 0.2) is 8.32 Å². The molecular weight excluding hydrogens is 263 g/mol. The van der Waals surface area contributed by atoms with Crippen molar-refractivity contribution in [2.75, 3.05) is 0 Å². The van der Waals surface area contributed by atoms with Crippen LogP contribution in [0.2, 0.25) is 18.1 Å². The van der Waals surface area contributed by atoms with Crippen molar-refractivity contribution >= 4 is 14.3 Å².